The van der Waals surface area contributed by atoms with Crippen LogP contribution in [-0.4, -0.2) is 18.4 Å². The number of fused-ring (bicyclic) bond motifs is 1. The van der Waals surface area contributed by atoms with Crippen LogP contribution in [0.4, 0.5) is 0 Å². The Balaban J connectivity index is 2.14. The zero-order chi connectivity index (χ0) is 14.4. The first-order chi connectivity index (χ1) is 9.70. The Hall–Kier alpha value is -2.42. The summed E-state index contributed by atoms with van der Waals surface area (Å²) in [6, 6.07) is 13.9. The number of hydrogen-bond donors (Lipinski definition) is 0. The third kappa shape index (κ3) is 3.54. The number of ketones is 1. The van der Waals surface area contributed by atoms with E-state index >= 15 is 0 Å². The van der Waals surface area contributed by atoms with E-state index in [1.807, 2.05) is 42.5 Å². The molecule has 0 N–H and O–H groups in total. The summed E-state index contributed by atoms with van der Waals surface area (Å²) in [6.45, 7) is 2.01. The molecule has 0 spiro atoms. The fourth-order valence-electron chi connectivity index (χ4n) is 1.99. The smallest absolute Gasteiger partial charge is 0.313 e. The number of ether oxygens (including phenoxy) is 1. The van der Waals surface area contributed by atoms with Crippen LogP contribution in [0, 0.1) is 0 Å². The van der Waals surface area contributed by atoms with Crippen LogP contribution < -0.4 is 0 Å². The van der Waals surface area contributed by atoms with Gasteiger partial charge in [0.05, 0.1) is 6.61 Å². The fourth-order valence-corrected chi connectivity index (χ4v) is 1.99. The van der Waals surface area contributed by atoms with Gasteiger partial charge in [0.2, 0.25) is 0 Å². The molecule has 2 aromatic rings. The molecule has 102 valence electrons. The van der Waals surface area contributed by atoms with Crippen LogP contribution in [0.1, 0.15) is 18.9 Å². The standard InChI is InChI=1S/C17H16O3/c1-2-20-17(19)12-15(18)11-10-14-8-5-7-13-6-3-4-9-16(13)14/h3-11H,2,12H2,1H3. The van der Waals surface area contributed by atoms with Crippen molar-refractivity contribution in [1.82, 2.24) is 0 Å². The maximum atomic E-state index is 11.7. The highest BCUT2D eigenvalue weighted by Gasteiger charge is 2.07. The lowest BCUT2D eigenvalue weighted by Crippen LogP contribution is -2.09. The molecular formula is C17H16O3. The fraction of sp³-hybridized carbons (Fsp3) is 0.176. The zero-order valence-corrected chi connectivity index (χ0v) is 11.3. The van der Waals surface area contributed by atoms with Gasteiger partial charge in [-0.15, -0.1) is 0 Å². The Morgan fingerprint density at radius 3 is 2.65 bits per heavy atom. The van der Waals surface area contributed by atoms with Gasteiger partial charge in [0.15, 0.2) is 5.78 Å². The maximum absolute atomic E-state index is 11.7. The van der Waals surface area contributed by atoms with Gasteiger partial charge in [0.1, 0.15) is 6.42 Å². The minimum atomic E-state index is -0.486. The third-order valence-corrected chi connectivity index (χ3v) is 2.90. The van der Waals surface area contributed by atoms with Gasteiger partial charge >= 0.3 is 5.97 Å². The molecule has 0 fully saturated rings. The van der Waals surface area contributed by atoms with Crippen molar-refractivity contribution >= 4 is 28.6 Å². The van der Waals surface area contributed by atoms with Crippen LogP contribution in [-0.2, 0) is 14.3 Å². The first-order valence-corrected chi connectivity index (χ1v) is 6.55. The average Bonchev–Trinajstić information content (AvgIpc) is 2.45. The number of carbonyl (C=O) groups is 2. The molecule has 3 nitrogen and oxygen atoms in total. The number of esters is 1. The van der Waals surface area contributed by atoms with Gasteiger partial charge < -0.3 is 4.74 Å². The van der Waals surface area contributed by atoms with Crippen molar-refractivity contribution in [2.24, 2.45) is 0 Å². The molecule has 2 rings (SSSR count). The summed E-state index contributed by atoms with van der Waals surface area (Å²) in [5, 5.41) is 2.20. The van der Waals surface area contributed by atoms with Crippen molar-refractivity contribution in [3.05, 3.63) is 54.1 Å². The van der Waals surface area contributed by atoms with E-state index in [1.165, 1.54) is 6.08 Å². The predicted molar refractivity (Wildman–Crippen MR) is 79.2 cm³/mol. The van der Waals surface area contributed by atoms with Crippen LogP contribution in [0.5, 0.6) is 0 Å². The van der Waals surface area contributed by atoms with Crippen LogP contribution in [0.2, 0.25) is 0 Å². The van der Waals surface area contributed by atoms with Crippen LogP contribution in [0.15, 0.2) is 48.5 Å². The number of allylic oxidation sites excluding steroid dienone is 1. The number of hydrogen-bond acceptors (Lipinski definition) is 3. The second kappa shape index (κ2) is 6.66. The second-order valence-electron chi connectivity index (χ2n) is 4.35. The molecule has 0 aromatic heterocycles. The highest BCUT2D eigenvalue weighted by atomic mass is 16.5. The van der Waals surface area contributed by atoms with Crippen LogP contribution in [0.3, 0.4) is 0 Å². The van der Waals surface area contributed by atoms with Crippen molar-refractivity contribution in [3.8, 4) is 0 Å². The largest absolute Gasteiger partial charge is 0.466 e. The van der Waals surface area contributed by atoms with Gasteiger partial charge in [-0.05, 0) is 29.3 Å². The molecular weight excluding hydrogens is 252 g/mol. The summed E-state index contributed by atoms with van der Waals surface area (Å²) >= 11 is 0. The van der Waals surface area contributed by atoms with Crippen molar-refractivity contribution in [2.45, 2.75) is 13.3 Å². The molecule has 0 saturated heterocycles. The Morgan fingerprint density at radius 2 is 1.85 bits per heavy atom. The van der Waals surface area contributed by atoms with E-state index in [-0.39, 0.29) is 12.2 Å². The SMILES string of the molecule is CCOC(=O)CC(=O)C=Cc1cccc2ccccc12. The molecule has 0 unspecified atom stereocenters. The summed E-state index contributed by atoms with van der Waals surface area (Å²) in [5.41, 5.74) is 0.959. The molecule has 3 heteroatoms. The van der Waals surface area contributed by atoms with Crippen LogP contribution in [0.25, 0.3) is 16.8 Å². The molecule has 0 atom stereocenters. The minimum Gasteiger partial charge on any atom is -0.466 e. The Morgan fingerprint density at radius 1 is 1.10 bits per heavy atom. The van der Waals surface area contributed by atoms with Gasteiger partial charge in [0, 0.05) is 0 Å². The minimum absolute atomic E-state index is 0.213. The lowest BCUT2D eigenvalue weighted by molar-refractivity contribution is -0.144. The summed E-state index contributed by atoms with van der Waals surface area (Å²) in [5.74, 6) is -0.739. The van der Waals surface area contributed by atoms with Gasteiger partial charge in [-0.2, -0.15) is 0 Å². The lowest BCUT2D eigenvalue weighted by atomic mass is 10.0. The molecule has 0 heterocycles. The molecule has 0 aliphatic heterocycles. The van der Waals surface area contributed by atoms with E-state index in [2.05, 4.69) is 0 Å². The van der Waals surface area contributed by atoms with E-state index < -0.39 is 5.97 Å². The van der Waals surface area contributed by atoms with Gasteiger partial charge in [-0.1, -0.05) is 48.5 Å². The molecule has 2 aromatic carbocycles. The van der Waals surface area contributed by atoms with E-state index in [9.17, 15) is 9.59 Å². The predicted octanol–water partition coefficient (Wildman–Crippen LogP) is 3.38. The molecule has 0 radical (unpaired) electrons. The third-order valence-electron chi connectivity index (χ3n) is 2.90. The maximum Gasteiger partial charge on any atom is 0.313 e. The first kappa shape index (κ1) is 14.0. The monoisotopic (exact) mass is 268 g/mol. The molecule has 0 aliphatic rings. The number of rotatable bonds is 5. The molecule has 0 saturated carbocycles. The first-order valence-electron chi connectivity index (χ1n) is 6.55. The highest BCUT2D eigenvalue weighted by molar-refractivity contribution is 6.05. The van der Waals surface area contributed by atoms with Crippen molar-refractivity contribution in [3.63, 3.8) is 0 Å². The van der Waals surface area contributed by atoms with E-state index in [1.54, 1.807) is 13.0 Å². The number of carbonyl (C=O) groups excluding carboxylic acids is 2. The Kier molecular flexibility index (Phi) is 4.66. The Bertz CT molecular complexity index is 651. The molecule has 0 bridgehead atoms. The van der Waals surface area contributed by atoms with Gasteiger partial charge in [0.25, 0.3) is 0 Å². The summed E-state index contributed by atoms with van der Waals surface area (Å²) < 4.78 is 4.74. The van der Waals surface area contributed by atoms with E-state index in [0.29, 0.717) is 6.61 Å². The Labute approximate surface area is 117 Å². The zero-order valence-electron chi connectivity index (χ0n) is 11.3. The van der Waals surface area contributed by atoms with E-state index in [4.69, 9.17) is 4.74 Å². The molecule has 0 amide bonds. The van der Waals surface area contributed by atoms with E-state index in [0.717, 1.165) is 16.3 Å². The average molecular weight is 268 g/mol. The van der Waals surface area contributed by atoms with Crippen molar-refractivity contribution in [2.75, 3.05) is 6.61 Å². The van der Waals surface area contributed by atoms with Crippen LogP contribution >= 0.6 is 0 Å². The summed E-state index contributed by atoms with van der Waals surface area (Å²) in [7, 11) is 0. The van der Waals surface area contributed by atoms with Crippen molar-refractivity contribution in [1.29, 1.82) is 0 Å². The summed E-state index contributed by atoms with van der Waals surface area (Å²) in [6.07, 6.45) is 2.96. The van der Waals surface area contributed by atoms with Gasteiger partial charge in [-0.25, -0.2) is 0 Å². The normalized spacial score (nSPS) is 10.8. The van der Waals surface area contributed by atoms with Crippen molar-refractivity contribution < 1.29 is 14.3 Å². The summed E-state index contributed by atoms with van der Waals surface area (Å²) in [4.78, 5) is 22.9. The number of benzene rings is 2. The molecule has 0 aliphatic carbocycles. The second-order valence-corrected chi connectivity index (χ2v) is 4.35. The molecule has 20 heavy (non-hydrogen) atoms. The topological polar surface area (TPSA) is 43.4 Å². The van der Waals surface area contributed by atoms with Gasteiger partial charge in [-0.3, -0.25) is 9.59 Å². The lowest BCUT2D eigenvalue weighted by Gasteiger charge is -2.01. The highest BCUT2D eigenvalue weighted by Crippen LogP contribution is 2.19. The quantitative estimate of drug-likeness (QED) is 0.474.